The minimum Gasteiger partial charge on any atom is -0.458 e. The van der Waals surface area contributed by atoms with Crippen molar-refractivity contribution in [3.8, 4) is 0 Å². The monoisotopic (exact) mass is 385 g/mol. The first kappa shape index (κ1) is 12.4. The van der Waals surface area contributed by atoms with E-state index in [1.54, 1.807) is 11.3 Å². The van der Waals surface area contributed by atoms with Gasteiger partial charge in [-0.3, -0.25) is 0 Å². The molecular formula is C13H9Br2NOS. The molecule has 0 aliphatic heterocycles. The highest BCUT2D eigenvalue weighted by Gasteiger charge is 2.18. The molecule has 0 amide bonds. The van der Waals surface area contributed by atoms with Crippen LogP contribution >= 0.6 is 43.2 Å². The van der Waals surface area contributed by atoms with Gasteiger partial charge in [0.15, 0.2) is 0 Å². The second-order valence-corrected chi connectivity index (χ2v) is 6.41. The molecule has 1 unspecified atom stereocenters. The van der Waals surface area contributed by atoms with E-state index in [1.165, 1.54) is 0 Å². The van der Waals surface area contributed by atoms with Gasteiger partial charge in [-0.25, -0.2) is 0 Å². The van der Waals surface area contributed by atoms with Crippen LogP contribution in [0.5, 0.6) is 0 Å². The van der Waals surface area contributed by atoms with Crippen LogP contribution in [0.15, 0.2) is 48.4 Å². The Hall–Kier alpha value is -0.620. The fourth-order valence-electron chi connectivity index (χ4n) is 1.87. The SMILES string of the molecule is NC(c1cc2cccc(Br)c2o1)c1cscc1Br. The van der Waals surface area contributed by atoms with E-state index in [1.807, 2.05) is 35.0 Å². The lowest BCUT2D eigenvalue weighted by atomic mass is 10.1. The molecule has 3 rings (SSSR count). The molecule has 0 fully saturated rings. The van der Waals surface area contributed by atoms with Gasteiger partial charge in [0.2, 0.25) is 0 Å². The molecule has 2 nitrogen and oxygen atoms in total. The Morgan fingerprint density at radius 3 is 2.67 bits per heavy atom. The van der Waals surface area contributed by atoms with Crippen molar-refractivity contribution in [3.05, 3.63) is 55.3 Å². The van der Waals surface area contributed by atoms with Gasteiger partial charge >= 0.3 is 0 Å². The molecule has 0 bridgehead atoms. The Morgan fingerprint density at radius 2 is 2.00 bits per heavy atom. The van der Waals surface area contributed by atoms with Crippen molar-refractivity contribution in [1.82, 2.24) is 0 Å². The summed E-state index contributed by atoms with van der Waals surface area (Å²) in [6, 6.07) is 7.71. The summed E-state index contributed by atoms with van der Waals surface area (Å²) in [6.45, 7) is 0. The van der Waals surface area contributed by atoms with E-state index in [0.29, 0.717) is 0 Å². The number of benzene rings is 1. The summed E-state index contributed by atoms with van der Waals surface area (Å²) in [5, 5.41) is 5.12. The van der Waals surface area contributed by atoms with Gasteiger partial charge in [-0.05, 0) is 49.4 Å². The van der Waals surface area contributed by atoms with Gasteiger partial charge in [0.25, 0.3) is 0 Å². The maximum Gasteiger partial charge on any atom is 0.148 e. The van der Waals surface area contributed by atoms with E-state index in [9.17, 15) is 0 Å². The molecule has 1 atom stereocenters. The molecule has 2 heterocycles. The summed E-state index contributed by atoms with van der Waals surface area (Å²) in [5.74, 6) is 0.774. The molecule has 2 aromatic heterocycles. The average molecular weight is 387 g/mol. The second-order valence-electron chi connectivity index (χ2n) is 3.96. The molecule has 0 aliphatic carbocycles. The summed E-state index contributed by atoms with van der Waals surface area (Å²) in [7, 11) is 0. The summed E-state index contributed by atoms with van der Waals surface area (Å²) in [5.41, 5.74) is 8.14. The Bertz CT molecular complexity index is 704. The first-order valence-corrected chi connectivity index (χ1v) is 7.85. The topological polar surface area (TPSA) is 39.2 Å². The van der Waals surface area contributed by atoms with Crippen LogP contribution in [0.3, 0.4) is 0 Å². The van der Waals surface area contributed by atoms with Crippen LogP contribution in [0, 0.1) is 0 Å². The van der Waals surface area contributed by atoms with E-state index in [0.717, 1.165) is 31.2 Å². The Morgan fingerprint density at radius 1 is 1.17 bits per heavy atom. The average Bonchev–Trinajstić information content (AvgIpc) is 2.95. The Labute approximate surface area is 125 Å². The van der Waals surface area contributed by atoms with E-state index in [4.69, 9.17) is 10.2 Å². The fraction of sp³-hybridized carbons (Fsp3) is 0.0769. The first-order valence-electron chi connectivity index (χ1n) is 5.32. The predicted octanol–water partition coefficient (Wildman–Crippen LogP) is 5.07. The number of halogens is 2. The van der Waals surface area contributed by atoms with Crippen LogP contribution in [0.2, 0.25) is 0 Å². The lowest BCUT2D eigenvalue weighted by Crippen LogP contribution is -2.10. The van der Waals surface area contributed by atoms with Crippen LogP contribution in [0.1, 0.15) is 17.4 Å². The van der Waals surface area contributed by atoms with Crippen molar-refractivity contribution in [1.29, 1.82) is 0 Å². The molecule has 5 heteroatoms. The van der Waals surface area contributed by atoms with Gasteiger partial charge in [-0.2, -0.15) is 11.3 Å². The third-order valence-electron chi connectivity index (χ3n) is 2.80. The van der Waals surface area contributed by atoms with Gasteiger partial charge in [-0.1, -0.05) is 12.1 Å². The van der Waals surface area contributed by atoms with Gasteiger partial charge < -0.3 is 10.2 Å². The van der Waals surface area contributed by atoms with Gasteiger partial charge in [0, 0.05) is 20.8 Å². The zero-order chi connectivity index (χ0) is 12.7. The maximum absolute atomic E-state index is 6.24. The molecule has 1 aromatic carbocycles. The minimum atomic E-state index is -0.245. The highest BCUT2D eigenvalue weighted by atomic mass is 79.9. The van der Waals surface area contributed by atoms with Crippen molar-refractivity contribution in [2.45, 2.75) is 6.04 Å². The number of furan rings is 1. The highest BCUT2D eigenvalue weighted by molar-refractivity contribution is 9.11. The number of fused-ring (bicyclic) bond motifs is 1. The zero-order valence-electron chi connectivity index (χ0n) is 9.19. The van der Waals surface area contributed by atoms with Crippen LogP contribution in [-0.2, 0) is 0 Å². The molecule has 3 aromatic rings. The van der Waals surface area contributed by atoms with Crippen LogP contribution in [-0.4, -0.2) is 0 Å². The van der Waals surface area contributed by atoms with Crippen molar-refractivity contribution in [2.24, 2.45) is 5.73 Å². The largest absolute Gasteiger partial charge is 0.458 e. The Balaban J connectivity index is 2.10. The second kappa shape index (κ2) is 4.81. The number of nitrogens with two attached hydrogens (primary N) is 1. The molecule has 18 heavy (non-hydrogen) atoms. The quantitative estimate of drug-likeness (QED) is 0.667. The zero-order valence-corrected chi connectivity index (χ0v) is 13.2. The number of para-hydroxylation sites is 1. The molecule has 0 radical (unpaired) electrons. The van der Waals surface area contributed by atoms with Crippen molar-refractivity contribution in [2.75, 3.05) is 0 Å². The smallest absolute Gasteiger partial charge is 0.148 e. The first-order chi connectivity index (χ1) is 8.66. The van der Waals surface area contributed by atoms with Crippen LogP contribution in [0.25, 0.3) is 11.0 Å². The number of rotatable bonds is 2. The third-order valence-corrected chi connectivity index (χ3v) is 5.18. The minimum absolute atomic E-state index is 0.245. The molecule has 0 spiro atoms. The predicted molar refractivity (Wildman–Crippen MR) is 82.0 cm³/mol. The van der Waals surface area contributed by atoms with Gasteiger partial charge in [-0.15, -0.1) is 0 Å². The van der Waals surface area contributed by atoms with E-state index >= 15 is 0 Å². The van der Waals surface area contributed by atoms with Crippen molar-refractivity contribution < 1.29 is 4.42 Å². The summed E-state index contributed by atoms with van der Waals surface area (Å²) in [6.07, 6.45) is 0. The molecule has 0 saturated carbocycles. The standard InChI is InChI=1S/C13H9Br2NOS/c14-9-3-1-2-7-4-11(17-13(7)9)12(16)8-5-18-6-10(8)15/h1-6,12H,16H2. The van der Waals surface area contributed by atoms with Crippen molar-refractivity contribution >= 4 is 54.2 Å². The van der Waals surface area contributed by atoms with E-state index in [2.05, 4.69) is 31.9 Å². The summed E-state index contributed by atoms with van der Waals surface area (Å²) < 4.78 is 7.83. The van der Waals surface area contributed by atoms with Crippen LogP contribution in [0.4, 0.5) is 0 Å². The Kier molecular flexibility index (Phi) is 3.32. The molecule has 0 aliphatic rings. The molecular weight excluding hydrogens is 378 g/mol. The maximum atomic E-state index is 6.24. The van der Waals surface area contributed by atoms with E-state index in [-0.39, 0.29) is 6.04 Å². The molecule has 92 valence electrons. The van der Waals surface area contributed by atoms with Crippen LogP contribution < -0.4 is 5.73 Å². The highest BCUT2D eigenvalue weighted by Crippen LogP contribution is 2.34. The normalized spacial score (nSPS) is 13.1. The van der Waals surface area contributed by atoms with Gasteiger partial charge in [0.1, 0.15) is 11.3 Å². The van der Waals surface area contributed by atoms with E-state index < -0.39 is 0 Å². The van der Waals surface area contributed by atoms with Crippen molar-refractivity contribution in [3.63, 3.8) is 0 Å². The third kappa shape index (κ3) is 2.05. The summed E-state index contributed by atoms with van der Waals surface area (Å²) >= 11 is 8.60. The van der Waals surface area contributed by atoms with Gasteiger partial charge in [0.05, 0.1) is 10.5 Å². The lowest BCUT2D eigenvalue weighted by molar-refractivity contribution is 0.524. The molecule has 0 saturated heterocycles. The summed E-state index contributed by atoms with van der Waals surface area (Å²) in [4.78, 5) is 0. The number of thiophene rings is 1. The number of hydrogen-bond acceptors (Lipinski definition) is 3. The molecule has 2 N–H and O–H groups in total. The lowest BCUT2D eigenvalue weighted by Gasteiger charge is -2.07. The fourth-order valence-corrected chi connectivity index (χ4v) is 3.91. The number of hydrogen-bond donors (Lipinski definition) is 1.